The molecule has 2 aromatic heterocycles. The summed E-state index contributed by atoms with van der Waals surface area (Å²) in [5.74, 6) is -0.194. The number of pyridine rings is 1. The normalized spacial score (nSPS) is 19.2. The third kappa shape index (κ3) is 4.75. The minimum atomic E-state index is -3.84. The molecule has 2 aliphatic rings. The number of nitrogens with one attached hydrogen (secondary N) is 1. The molecule has 2 amide bonds. The number of likely N-dealkylation sites (tertiary alicyclic amines) is 1. The fraction of sp³-hybridized carbons (Fsp3) is 0.333. The molecule has 12 heteroatoms. The summed E-state index contributed by atoms with van der Waals surface area (Å²) in [5, 5.41) is 0.613. The van der Waals surface area contributed by atoms with Crippen LogP contribution in [0, 0.1) is 0 Å². The molecule has 1 unspecified atom stereocenters. The lowest BCUT2D eigenvalue weighted by atomic mass is 9.81. The summed E-state index contributed by atoms with van der Waals surface area (Å²) < 4.78 is 29.4. The fourth-order valence-electron chi connectivity index (χ4n) is 4.88. The molecule has 5 rings (SSSR count). The maximum atomic E-state index is 13.3. The number of nitrogens with zero attached hydrogens (tertiary/aromatic N) is 4. The molecule has 1 fully saturated rings. The Bertz CT molecular complexity index is 1430. The van der Waals surface area contributed by atoms with Gasteiger partial charge in [0.05, 0.1) is 29.8 Å². The van der Waals surface area contributed by atoms with E-state index in [1.165, 1.54) is 30.5 Å². The molecule has 2 aliphatic heterocycles. The molecule has 3 aromatic rings. The molecule has 0 aliphatic carbocycles. The van der Waals surface area contributed by atoms with E-state index in [0.29, 0.717) is 46.8 Å². The minimum absolute atomic E-state index is 0.0450. The van der Waals surface area contributed by atoms with Gasteiger partial charge in [0.2, 0.25) is 21.8 Å². The summed E-state index contributed by atoms with van der Waals surface area (Å²) in [6.07, 6.45) is 3.85. The van der Waals surface area contributed by atoms with Crippen LogP contribution in [0.15, 0.2) is 53.7 Å². The van der Waals surface area contributed by atoms with Crippen molar-refractivity contribution in [3.63, 3.8) is 0 Å². The van der Waals surface area contributed by atoms with Crippen LogP contribution in [0.25, 0.3) is 0 Å². The first kappa shape index (κ1) is 24.8. The molecule has 4 heterocycles. The van der Waals surface area contributed by atoms with E-state index >= 15 is 0 Å². The second-order valence-corrected chi connectivity index (χ2v) is 12.5. The number of hydrogen-bond acceptors (Lipinski definition) is 7. The first-order valence-electron chi connectivity index (χ1n) is 11.4. The molecule has 9 nitrogen and oxygen atoms in total. The van der Waals surface area contributed by atoms with Gasteiger partial charge in [0, 0.05) is 43.9 Å². The van der Waals surface area contributed by atoms with Gasteiger partial charge in [-0.25, -0.2) is 18.1 Å². The molecule has 1 aromatic carbocycles. The number of benzene rings is 1. The predicted octanol–water partition coefficient (Wildman–Crippen LogP) is 2.75. The number of carbonyl (C=O) groups is 2. The van der Waals surface area contributed by atoms with Crippen molar-refractivity contribution >= 4 is 50.5 Å². The monoisotopic (exact) mass is 545 g/mol. The highest BCUT2D eigenvalue weighted by Gasteiger charge is 2.49. The highest BCUT2D eigenvalue weighted by molar-refractivity contribution is 7.89. The first-order chi connectivity index (χ1) is 17.2. The molecule has 1 N–H and O–H groups in total. The van der Waals surface area contributed by atoms with Crippen LogP contribution in [0.1, 0.15) is 29.6 Å². The smallest absolute Gasteiger partial charge is 0.240 e. The van der Waals surface area contributed by atoms with Crippen LogP contribution in [-0.2, 0) is 38.0 Å². The Morgan fingerprint density at radius 2 is 2.03 bits per heavy atom. The van der Waals surface area contributed by atoms with Gasteiger partial charge in [-0.2, -0.15) is 0 Å². The zero-order valence-electron chi connectivity index (χ0n) is 19.5. The van der Waals surface area contributed by atoms with Gasteiger partial charge >= 0.3 is 0 Å². The van der Waals surface area contributed by atoms with Crippen LogP contribution < -0.4 is 9.62 Å². The maximum absolute atomic E-state index is 13.3. The van der Waals surface area contributed by atoms with Crippen LogP contribution in [-0.4, -0.2) is 54.7 Å². The Morgan fingerprint density at radius 3 is 2.69 bits per heavy atom. The molecule has 0 radical (unpaired) electrons. The van der Waals surface area contributed by atoms with E-state index in [1.807, 2.05) is 0 Å². The van der Waals surface area contributed by atoms with Crippen molar-refractivity contribution in [3.8, 4) is 0 Å². The van der Waals surface area contributed by atoms with Gasteiger partial charge in [-0.1, -0.05) is 17.7 Å². The third-order valence-corrected chi connectivity index (χ3v) is 9.21. The number of anilines is 1. The van der Waals surface area contributed by atoms with E-state index in [2.05, 4.69) is 14.7 Å². The Kier molecular flexibility index (Phi) is 6.58. The first-order valence-corrected chi connectivity index (χ1v) is 14.0. The summed E-state index contributed by atoms with van der Waals surface area (Å²) in [6.45, 7) is 2.92. The molecule has 1 spiro atoms. The Morgan fingerprint density at radius 1 is 1.19 bits per heavy atom. The van der Waals surface area contributed by atoms with E-state index < -0.39 is 15.4 Å². The maximum Gasteiger partial charge on any atom is 0.240 e. The summed E-state index contributed by atoms with van der Waals surface area (Å²) in [6, 6.07) is 10.1. The molecule has 0 saturated carbocycles. The van der Waals surface area contributed by atoms with Crippen molar-refractivity contribution in [2.75, 3.05) is 24.5 Å². The molecular weight excluding hydrogens is 522 g/mol. The van der Waals surface area contributed by atoms with Crippen LogP contribution in [0.3, 0.4) is 0 Å². The number of thiazole rings is 1. The largest absolute Gasteiger partial charge is 0.342 e. The second-order valence-electron chi connectivity index (χ2n) is 9.01. The van der Waals surface area contributed by atoms with E-state index in [1.54, 1.807) is 46.3 Å². The molecule has 188 valence electrons. The van der Waals surface area contributed by atoms with Crippen molar-refractivity contribution in [1.82, 2.24) is 19.6 Å². The number of rotatable bonds is 6. The van der Waals surface area contributed by atoms with E-state index in [0.717, 1.165) is 5.56 Å². The Balaban J connectivity index is 1.47. The molecule has 36 heavy (non-hydrogen) atoms. The molecule has 1 atom stereocenters. The zero-order valence-corrected chi connectivity index (χ0v) is 21.9. The number of sulfonamides is 1. The standard InChI is InChI=1S/C24H24ClN5O4S2/c1-16(31)29-9-7-24(14-29)15-30(23(32)11-22-27-13-21(25)35-22)20-6-5-18(10-19(20)24)36(33,34)28-12-17-4-2-3-8-26-17/h2-6,8,10,13,28H,7,9,11-12,14-15H2,1H3. The molecule has 0 bridgehead atoms. The summed E-state index contributed by atoms with van der Waals surface area (Å²) in [5.41, 5.74) is 1.49. The molecule has 1 saturated heterocycles. The predicted molar refractivity (Wildman–Crippen MR) is 136 cm³/mol. The van der Waals surface area contributed by atoms with Gasteiger partial charge in [-0.05, 0) is 42.3 Å². The lowest BCUT2D eigenvalue weighted by molar-refractivity contribution is -0.127. The van der Waals surface area contributed by atoms with Crippen LogP contribution in [0.2, 0.25) is 4.34 Å². The summed E-state index contributed by atoms with van der Waals surface area (Å²) in [7, 11) is -3.84. The SMILES string of the molecule is CC(=O)N1CCC2(C1)CN(C(=O)Cc1ncc(Cl)s1)c1ccc(S(=O)(=O)NCc3ccccn3)cc12. The number of hydrogen-bond donors (Lipinski definition) is 1. The number of carbonyl (C=O) groups excluding carboxylic acids is 2. The second kappa shape index (κ2) is 9.55. The van der Waals surface area contributed by atoms with Gasteiger partial charge < -0.3 is 9.80 Å². The van der Waals surface area contributed by atoms with Gasteiger partial charge in [-0.3, -0.25) is 14.6 Å². The summed E-state index contributed by atoms with van der Waals surface area (Å²) in [4.78, 5) is 37.3. The van der Waals surface area contributed by atoms with Crippen molar-refractivity contribution in [3.05, 3.63) is 69.4 Å². The fourth-order valence-corrected chi connectivity index (χ4v) is 6.85. The number of amides is 2. The van der Waals surface area contributed by atoms with Gasteiger partial charge in [0.15, 0.2) is 0 Å². The number of fused-ring (bicyclic) bond motifs is 2. The van der Waals surface area contributed by atoms with E-state index in [-0.39, 0.29) is 29.7 Å². The highest BCUT2D eigenvalue weighted by atomic mass is 35.5. The van der Waals surface area contributed by atoms with Crippen LogP contribution in [0.5, 0.6) is 0 Å². The van der Waals surface area contributed by atoms with Crippen molar-refractivity contribution in [1.29, 1.82) is 0 Å². The highest BCUT2D eigenvalue weighted by Crippen LogP contribution is 2.47. The van der Waals surface area contributed by atoms with Crippen molar-refractivity contribution < 1.29 is 18.0 Å². The van der Waals surface area contributed by atoms with E-state index in [4.69, 9.17) is 11.6 Å². The zero-order chi connectivity index (χ0) is 25.5. The molecular formula is C24H24ClN5O4S2. The van der Waals surface area contributed by atoms with E-state index in [9.17, 15) is 18.0 Å². The quantitative estimate of drug-likeness (QED) is 0.509. The Labute approximate surface area is 218 Å². The average Bonchev–Trinajstić information content (AvgIpc) is 3.56. The topological polar surface area (TPSA) is 113 Å². The van der Waals surface area contributed by atoms with Gasteiger partial charge in [0.25, 0.3) is 0 Å². The average molecular weight is 546 g/mol. The lowest BCUT2D eigenvalue weighted by Crippen LogP contribution is -2.40. The van der Waals surface area contributed by atoms with Gasteiger partial charge in [-0.15, -0.1) is 11.3 Å². The number of aromatic nitrogens is 2. The number of halogens is 1. The van der Waals surface area contributed by atoms with Crippen LogP contribution >= 0.6 is 22.9 Å². The van der Waals surface area contributed by atoms with Crippen molar-refractivity contribution in [2.24, 2.45) is 0 Å². The van der Waals surface area contributed by atoms with Gasteiger partial charge in [0.1, 0.15) is 9.34 Å². The lowest BCUT2D eigenvalue weighted by Gasteiger charge is -2.25. The summed E-state index contributed by atoms with van der Waals surface area (Å²) >= 11 is 7.24. The Hall–Kier alpha value is -2.86. The van der Waals surface area contributed by atoms with Crippen LogP contribution in [0.4, 0.5) is 5.69 Å². The third-order valence-electron chi connectivity index (χ3n) is 6.70. The minimum Gasteiger partial charge on any atom is -0.342 e. The van der Waals surface area contributed by atoms with Crippen molar-refractivity contribution in [2.45, 2.75) is 36.6 Å².